The normalized spacial score (nSPS) is 14.9. The first-order valence-corrected chi connectivity index (χ1v) is 18.9. The summed E-state index contributed by atoms with van der Waals surface area (Å²) >= 11 is 0. The molecule has 0 saturated carbocycles. The maximum absolute atomic E-state index is 14.2. The fourth-order valence-corrected chi connectivity index (χ4v) is 7.23. The number of esters is 1. The largest absolute Gasteiger partial charge is 0.469 e. The van der Waals surface area contributed by atoms with Crippen LogP contribution in [0.4, 0.5) is 19.3 Å². The van der Waals surface area contributed by atoms with Crippen molar-refractivity contribution in [1.29, 1.82) is 0 Å². The highest BCUT2D eigenvalue weighted by atomic mass is 32.2. The second kappa shape index (κ2) is 15.8. The summed E-state index contributed by atoms with van der Waals surface area (Å²) in [5.41, 5.74) is 0.554. The van der Waals surface area contributed by atoms with E-state index < -0.39 is 64.6 Å². The summed E-state index contributed by atoms with van der Waals surface area (Å²) in [5, 5.41) is 2.85. The first-order valence-electron chi connectivity index (χ1n) is 17.0. The number of fused-ring (bicyclic) bond motifs is 1. The van der Waals surface area contributed by atoms with Crippen LogP contribution in [0.3, 0.4) is 0 Å². The summed E-state index contributed by atoms with van der Waals surface area (Å²) < 4.78 is 71.4. The number of furan rings is 1. The third-order valence-electron chi connectivity index (χ3n) is 8.77. The number of halogens is 2. The van der Waals surface area contributed by atoms with Crippen LogP contribution < -0.4 is 9.62 Å². The molecule has 0 radical (unpaired) electrons. The van der Waals surface area contributed by atoms with E-state index in [1.54, 1.807) is 39.0 Å². The van der Waals surface area contributed by atoms with Crippen LogP contribution in [0.5, 0.6) is 0 Å². The molecule has 1 aliphatic heterocycles. The Labute approximate surface area is 311 Å². The van der Waals surface area contributed by atoms with Crippen molar-refractivity contribution in [2.24, 2.45) is 0 Å². The first kappa shape index (κ1) is 39.7. The molecule has 1 fully saturated rings. The number of ether oxygens (including phenoxy) is 2. The fourth-order valence-electron chi connectivity index (χ4n) is 6.32. The van der Waals surface area contributed by atoms with Crippen LogP contribution in [0, 0.1) is 5.82 Å². The van der Waals surface area contributed by atoms with Crippen LogP contribution in [0.1, 0.15) is 47.9 Å². The summed E-state index contributed by atoms with van der Waals surface area (Å²) in [5.74, 6) is -2.02. The molecule has 1 aliphatic rings. The number of methoxy groups -OCH3 is 1. The van der Waals surface area contributed by atoms with Gasteiger partial charge in [-0.1, -0.05) is 12.1 Å². The van der Waals surface area contributed by atoms with Gasteiger partial charge >= 0.3 is 12.1 Å². The summed E-state index contributed by atoms with van der Waals surface area (Å²) in [6, 6.07) is 13.7. The Morgan fingerprint density at radius 1 is 1.02 bits per heavy atom. The number of alkyl halides is 1. The maximum Gasteiger partial charge on any atom is 0.410 e. The van der Waals surface area contributed by atoms with E-state index in [0.29, 0.717) is 11.1 Å². The van der Waals surface area contributed by atoms with Crippen molar-refractivity contribution in [1.82, 2.24) is 15.1 Å². The van der Waals surface area contributed by atoms with E-state index in [1.807, 2.05) is 0 Å². The van der Waals surface area contributed by atoms with E-state index >= 15 is 0 Å². The third-order valence-corrected chi connectivity index (χ3v) is 9.95. The van der Waals surface area contributed by atoms with Gasteiger partial charge in [0.1, 0.15) is 29.4 Å². The van der Waals surface area contributed by atoms with Crippen molar-refractivity contribution >= 4 is 50.6 Å². The molecule has 2 heterocycles. The molecule has 0 bridgehead atoms. The SMILES string of the molecule is CNC(=O)c1c(-c2ccc(F)cc2)oc2cc(N(CCF)S(C)(=O)=O)c(-c3cccc(C(=O)N4CCN(C(=O)OC(C)(C)C)CC4CC(=O)OC)c3)cc12. The van der Waals surface area contributed by atoms with Gasteiger partial charge in [0.25, 0.3) is 11.8 Å². The molecule has 54 heavy (non-hydrogen) atoms. The lowest BCUT2D eigenvalue weighted by Gasteiger charge is -2.41. The fraction of sp³-hybridized carbons (Fsp3) is 0.368. The smallest absolute Gasteiger partial charge is 0.410 e. The Bertz CT molecular complexity index is 2180. The Morgan fingerprint density at radius 2 is 1.72 bits per heavy atom. The molecule has 0 aliphatic carbocycles. The highest BCUT2D eigenvalue weighted by Gasteiger charge is 2.36. The molecule has 3 amide bonds. The second-order valence-electron chi connectivity index (χ2n) is 13.7. The van der Waals surface area contributed by atoms with Crippen molar-refractivity contribution in [3.63, 3.8) is 0 Å². The number of carbonyl (C=O) groups is 4. The van der Waals surface area contributed by atoms with Crippen LogP contribution in [-0.2, 0) is 24.3 Å². The number of piperazine rings is 1. The number of amides is 3. The predicted molar refractivity (Wildman–Crippen MR) is 198 cm³/mol. The highest BCUT2D eigenvalue weighted by Crippen LogP contribution is 2.42. The van der Waals surface area contributed by atoms with Gasteiger partial charge in [-0.05, 0) is 68.8 Å². The summed E-state index contributed by atoms with van der Waals surface area (Å²) in [7, 11) is -1.43. The molecule has 16 heteroatoms. The first-order chi connectivity index (χ1) is 25.4. The van der Waals surface area contributed by atoms with Crippen LogP contribution in [-0.4, -0.2) is 107 Å². The minimum absolute atomic E-state index is 0.00194. The predicted octanol–water partition coefficient (Wildman–Crippen LogP) is 5.63. The summed E-state index contributed by atoms with van der Waals surface area (Å²) in [4.78, 5) is 55.8. The molecule has 1 saturated heterocycles. The zero-order valence-corrected chi connectivity index (χ0v) is 31.6. The molecule has 1 aromatic heterocycles. The van der Waals surface area contributed by atoms with E-state index in [1.165, 1.54) is 66.4 Å². The van der Waals surface area contributed by atoms with Crippen molar-refractivity contribution in [3.05, 3.63) is 77.6 Å². The van der Waals surface area contributed by atoms with E-state index in [9.17, 15) is 36.4 Å². The standard InChI is InChI=1S/C38H42F2N4O9S/c1-38(2,3)53-37(48)42-16-17-43(27(22-42)19-32(45)51-5)36(47)25-9-7-8-24(18-25)28-20-29-31(21-30(28)44(15-14-39)54(6,49)50)52-34(33(29)35(46)41-4)23-10-12-26(40)13-11-23/h7-13,18,20-21,27H,14-17,19,22H2,1-6H3,(H,41,46). The van der Waals surface area contributed by atoms with Crippen LogP contribution >= 0.6 is 0 Å². The van der Waals surface area contributed by atoms with E-state index in [4.69, 9.17) is 13.9 Å². The number of rotatable bonds is 10. The minimum Gasteiger partial charge on any atom is -0.469 e. The molecular weight excluding hydrogens is 726 g/mol. The summed E-state index contributed by atoms with van der Waals surface area (Å²) in [6.45, 7) is 3.83. The number of hydrogen-bond donors (Lipinski definition) is 1. The Kier molecular flexibility index (Phi) is 11.6. The molecular formula is C38H42F2N4O9S. The van der Waals surface area contributed by atoms with E-state index in [0.717, 1.165) is 10.6 Å². The number of nitrogens with one attached hydrogen (secondary N) is 1. The molecule has 0 spiro atoms. The monoisotopic (exact) mass is 768 g/mol. The topological polar surface area (TPSA) is 156 Å². The van der Waals surface area contributed by atoms with Crippen molar-refractivity contribution in [2.75, 3.05) is 57.6 Å². The average molecular weight is 769 g/mol. The van der Waals surface area contributed by atoms with Gasteiger partial charge in [-0.15, -0.1) is 0 Å². The van der Waals surface area contributed by atoms with Gasteiger partial charge < -0.3 is 29.0 Å². The second-order valence-corrected chi connectivity index (χ2v) is 15.6. The number of carbonyl (C=O) groups excluding carboxylic acids is 4. The van der Waals surface area contributed by atoms with Gasteiger partial charge in [0.15, 0.2) is 0 Å². The molecule has 288 valence electrons. The average Bonchev–Trinajstić information content (AvgIpc) is 3.50. The number of nitrogens with zero attached hydrogens (tertiary/aromatic N) is 3. The van der Waals surface area contributed by atoms with E-state index in [-0.39, 0.29) is 65.2 Å². The van der Waals surface area contributed by atoms with Crippen molar-refractivity contribution < 1.29 is 50.3 Å². The maximum atomic E-state index is 14.2. The molecule has 1 unspecified atom stereocenters. The number of anilines is 1. The minimum atomic E-state index is -4.08. The van der Waals surface area contributed by atoms with Gasteiger partial charge in [0, 0.05) is 54.8 Å². The van der Waals surface area contributed by atoms with Crippen LogP contribution in [0.15, 0.2) is 65.1 Å². The van der Waals surface area contributed by atoms with Gasteiger partial charge in [-0.2, -0.15) is 0 Å². The lowest BCUT2D eigenvalue weighted by Crippen LogP contribution is -2.57. The molecule has 1 N–H and O–H groups in total. The number of benzene rings is 3. The molecule has 5 rings (SSSR count). The van der Waals surface area contributed by atoms with Gasteiger partial charge in [0.05, 0.1) is 43.6 Å². The number of hydrogen-bond acceptors (Lipinski definition) is 9. The number of sulfonamides is 1. The quantitative estimate of drug-likeness (QED) is 0.202. The lowest BCUT2D eigenvalue weighted by molar-refractivity contribution is -0.142. The van der Waals surface area contributed by atoms with Crippen LogP contribution in [0.2, 0.25) is 0 Å². The third kappa shape index (κ3) is 8.65. The zero-order valence-electron chi connectivity index (χ0n) is 30.8. The summed E-state index contributed by atoms with van der Waals surface area (Å²) in [6.07, 6.45) is 0.140. The van der Waals surface area contributed by atoms with Gasteiger partial charge in [-0.3, -0.25) is 18.7 Å². The highest BCUT2D eigenvalue weighted by molar-refractivity contribution is 7.92. The van der Waals surface area contributed by atoms with Gasteiger partial charge in [0.2, 0.25) is 10.0 Å². The van der Waals surface area contributed by atoms with Crippen LogP contribution in [0.25, 0.3) is 33.4 Å². The molecule has 1 atom stereocenters. The van der Waals surface area contributed by atoms with Gasteiger partial charge in [-0.25, -0.2) is 22.0 Å². The lowest BCUT2D eigenvalue weighted by atomic mass is 9.96. The molecule has 4 aromatic rings. The van der Waals surface area contributed by atoms with Crippen molar-refractivity contribution in [2.45, 2.75) is 38.8 Å². The Morgan fingerprint density at radius 3 is 2.33 bits per heavy atom. The zero-order chi connectivity index (χ0) is 39.5. The van der Waals surface area contributed by atoms with Crippen molar-refractivity contribution in [3.8, 4) is 22.5 Å². The Balaban J connectivity index is 1.64. The molecule has 3 aromatic carbocycles. The molecule has 13 nitrogen and oxygen atoms in total. The van der Waals surface area contributed by atoms with E-state index in [2.05, 4.69) is 5.32 Å². The Hall–Kier alpha value is -5.51.